The standard InChI is InChI=1S/C12H20Cl2N2/c13-8-10(14)9-16-7-2-1-5-12(16)11-4-3-6-15-11/h8,11-12,15H,1-7,9H2. The van der Waals surface area contributed by atoms with Crippen molar-refractivity contribution in [3.8, 4) is 0 Å². The number of hydrogen-bond acceptors (Lipinski definition) is 2. The summed E-state index contributed by atoms with van der Waals surface area (Å²) in [7, 11) is 0. The van der Waals surface area contributed by atoms with Crippen LogP contribution in [0, 0.1) is 0 Å². The van der Waals surface area contributed by atoms with Gasteiger partial charge < -0.3 is 5.32 Å². The van der Waals surface area contributed by atoms with E-state index in [2.05, 4.69) is 10.2 Å². The summed E-state index contributed by atoms with van der Waals surface area (Å²) in [6.07, 6.45) is 6.55. The quantitative estimate of drug-likeness (QED) is 0.842. The van der Waals surface area contributed by atoms with E-state index in [4.69, 9.17) is 23.2 Å². The number of likely N-dealkylation sites (tertiary alicyclic amines) is 1. The summed E-state index contributed by atoms with van der Waals surface area (Å²) in [5.41, 5.74) is 1.50. The molecule has 2 unspecified atom stereocenters. The van der Waals surface area contributed by atoms with Gasteiger partial charge in [0.2, 0.25) is 0 Å². The van der Waals surface area contributed by atoms with Crippen molar-refractivity contribution in [3.05, 3.63) is 10.6 Å². The molecule has 0 aromatic carbocycles. The van der Waals surface area contributed by atoms with Gasteiger partial charge in [-0.2, -0.15) is 0 Å². The largest absolute Gasteiger partial charge is 0.312 e. The van der Waals surface area contributed by atoms with Crippen LogP contribution in [-0.4, -0.2) is 36.6 Å². The van der Waals surface area contributed by atoms with Crippen LogP contribution in [0.25, 0.3) is 0 Å². The maximum Gasteiger partial charge on any atom is 0.0434 e. The predicted octanol–water partition coefficient (Wildman–Crippen LogP) is 2.91. The van der Waals surface area contributed by atoms with E-state index >= 15 is 0 Å². The van der Waals surface area contributed by atoms with Crippen molar-refractivity contribution in [1.82, 2.24) is 10.2 Å². The average molecular weight is 263 g/mol. The van der Waals surface area contributed by atoms with E-state index in [9.17, 15) is 0 Å². The SMILES string of the molecule is ClC=C(Cl)CN1CCCCC1C1CCCN1. The van der Waals surface area contributed by atoms with Crippen molar-refractivity contribution < 1.29 is 0 Å². The van der Waals surface area contributed by atoms with Gasteiger partial charge in [-0.25, -0.2) is 0 Å². The van der Waals surface area contributed by atoms with Gasteiger partial charge >= 0.3 is 0 Å². The van der Waals surface area contributed by atoms with Gasteiger partial charge in [0.15, 0.2) is 0 Å². The van der Waals surface area contributed by atoms with E-state index in [-0.39, 0.29) is 0 Å². The molecule has 0 amide bonds. The first-order chi connectivity index (χ1) is 7.81. The fourth-order valence-corrected chi connectivity index (χ4v) is 3.16. The third-order valence-corrected chi connectivity index (χ3v) is 4.30. The summed E-state index contributed by atoms with van der Waals surface area (Å²) in [5.74, 6) is 0. The number of halogens is 2. The molecule has 0 spiro atoms. The molecule has 2 aliphatic heterocycles. The molecule has 92 valence electrons. The Labute approximate surface area is 108 Å². The molecule has 0 aliphatic carbocycles. The molecule has 16 heavy (non-hydrogen) atoms. The molecular weight excluding hydrogens is 243 g/mol. The Morgan fingerprint density at radius 2 is 2.19 bits per heavy atom. The van der Waals surface area contributed by atoms with Crippen molar-refractivity contribution >= 4 is 23.2 Å². The zero-order chi connectivity index (χ0) is 11.4. The predicted molar refractivity (Wildman–Crippen MR) is 70.0 cm³/mol. The van der Waals surface area contributed by atoms with Crippen LogP contribution in [0.5, 0.6) is 0 Å². The van der Waals surface area contributed by atoms with Crippen LogP contribution in [0.15, 0.2) is 10.6 Å². The molecule has 0 bridgehead atoms. The Morgan fingerprint density at radius 1 is 1.31 bits per heavy atom. The van der Waals surface area contributed by atoms with E-state index < -0.39 is 0 Å². The molecule has 2 saturated heterocycles. The van der Waals surface area contributed by atoms with Crippen molar-refractivity contribution in [2.75, 3.05) is 19.6 Å². The molecule has 0 aromatic rings. The lowest BCUT2D eigenvalue weighted by molar-refractivity contribution is 0.133. The van der Waals surface area contributed by atoms with Gasteiger partial charge in [0, 0.05) is 29.2 Å². The Balaban J connectivity index is 1.95. The van der Waals surface area contributed by atoms with E-state index in [1.165, 1.54) is 44.2 Å². The molecule has 0 saturated carbocycles. The van der Waals surface area contributed by atoms with Crippen LogP contribution in [0.4, 0.5) is 0 Å². The van der Waals surface area contributed by atoms with Crippen LogP contribution in [0.2, 0.25) is 0 Å². The summed E-state index contributed by atoms with van der Waals surface area (Å²) in [6, 6.07) is 1.32. The normalized spacial score (nSPS) is 33.2. The number of piperidine rings is 1. The van der Waals surface area contributed by atoms with E-state index in [1.54, 1.807) is 0 Å². The molecule has 2 aliphatic rings. The second-order valence-corrected chi connectivity index (χ2v) is 5.50. The summed E-state index contributed by atoms with van der Waals surface area (Å²) in [6.45, 7) is 3.14. The van der Waals surface area contributed by atoms with Crippen molar-refractivity contribution in [3.63, 3.8) is 0 Å². The van der Waals surface area contributed by atoms with Crippen LogP contribution < -0.4 is 5.32 Å². The van der Waals surface area contributed by atoms with Gasteiger partial charge in [-0.15, -0.1) is 0 Å². The first kappa shape index (κ1) is 12.7. The molecular formula is C12H20Cl2N2. The minimum absolute atomic E-state index is 0.654. The van der Waals surface area contributed by atoms with Gasteiger partial charge in [-0.3, -0.25) is 4.90 Å². The first-order valence-corrected chi connectivity index (χ1v) is 7.05. The Kier molecular flexibility index (Phi) is 4.96. The molecule has 2 nitrogen and oxygen atoms in total. The lowest BCUT2D eigenvalue weighted by atomic mass is 9.94. The van der Waals surface area contributed by atoms with Crippen LogP contribution >= 0.6 is 23.2 Å². The van der Waals surface area contributed by atoms with Crippen LogP contribution in [-0.2, 0) is 0 Å². The number of nitrogens with zero attached hydrogens (tertiary/aromatic N) is 1. The summed E-state index contributed by atoms with van der Waals surface area (Å²) < 4.78 is 0. The second kappa shape index (κ2) is 6.25. The van der Waals surface area contributed by atoms with Crippen LogP contribution in [0.3, 0.4) is 0 Å². The third-order valence-electron chi connectivity index (χ3n) is 3.70. The van der Waals surface area contributed by atoms with Crippen LogP contribution in [0.1, 0.15) is 32.1 Å². The molecule has 0 radical (unpaired) electrons. The second-order valence-electron chi connectivity index (χ2n) is 4.79. The lowest BCUT2D eigenvalue weighted by Gasteiger charge is -2.39. The Morgan fingerprint density at radius 3 is 2.88 bits per heavy atom. The molecule has 1 N–H and O–H groups in total. The zero-order valence-electron chi connectivity index (χ0n) is 9.59. The zero-order valence-corrected chi connectivity index (χ0v) is 11.1. The highest BCUT2D eigenvalue weighted by Crippen LogP contribution is 2.25. The monoisotopic (exact) mass is 262 g/mol. The van der Waals surface area contributed by atoms with Gasteiger partial charge in [0.1, 0.15) is 0 Å². The van der Waals surface area contributed by atoms with E-state index in [0.717, 1.165) is 18.1 Å². The summed E-state index contributed by atoms with van der Waals surface area (Å²) in [4.78, 5) is 2.49. The van der Waals surface area contributed by atoms with Crippen molar-refractivity contribution in [2.45, 2.75) is 44.2 Å². The highest BCUT2D eigenvalue weighted by Gasteiger charge is 2.31. The van der Waals surface area contributed by atoms with Gasteiger partial charge in [-0.05, 0) is 38.8 Å². The molecule has 2 rings (SSSR count). The topological polar surface area (TPSA) is 15.3 Å². The lowest BCUT2D eigenvalue weighted by Crippen LogP contribution is -2.50. The smallest absolute Gasteiger partial charge is 0.0434 e. The fraction of sp³-hybridized carbons (Fsp3) is 0.833. The maximum absolute atomic E-state index is 6.04. The minimum Gasteiger partial charge on any atom is -0.312 e. The van der Waals surface area contributed by atoms with Crippen molar-refractivity contribution in [2.24, 2.45) is 0 Å². The number of nitrogens with one attached hydrogen (secondary N) is 1. The molecule has 0 aromatic heterocycles. The van der Waals surface area contributed by atoms with E-state index in [0.29, 0.717) is 12.1 Å². The highest BCUT2D eigenvalue weighted by molar-refractivity contribution is 6.36. The molecule has 2 fully saturated rings. The summed E-state index contributed by atoms with van der Waals surface area (Å²) in [5, 5.41) is 4.37. The molecule has 4 heteroatoms. The minimum atomic E-state index is 0.654. The van der Waals surface area contributed by atoms with Gasteiger partial charge in [0.05, 0.1) is 0 Å². The van der Waals surface area contributed by atoms with Gasteiger partial charge in [-0.1, -0.05) is 29.6 Å². The van der Waals surface area contributed by atoms with Crippen molar-refractivity contribution in [1.29, 1.82) is 0 Å². The maximum atomic E-state index is 6.04. The molecule has 2 heterocycles. The fourth-order valence-electron chi connectivity index (χ4n) is 2.94. The first-order valence-electron chi connectivity index (χ1n) is 6.23. The Bertz CT molecular complexity index is 249. The average Bonchev–Trinajstić information content (AvgIpc) is 2.83. The summed E-state index contributed by atoms with van der Waals surface area (Å²) >= 11 is 11.7. The van der Waals surface area contributed by atoms with Gasteiger partial charge in [0.25, 0.3) is 0 Å². The highest BCUT2D eigenvalue weighted by atomic mass is 35.5. The van der Waals surface area contributed by atoms with E-state index in [1.807, 2.05) is 0 Å². The third kappa shape index (κ3) is 3.13. The Hall–Kier alpha value is 0.240. The molecule has 2 atom stereocenters. The number of hydrogen-bond donors (Lipinski definition) is 1. The number of rotatable bonds is 3.